The largest absolute Gasteiger partial charge is 0.466 e. The fraction of sp³-hybridized carbons (Fsp3) is 0.562. The second kappa shape index (κ2) is 7.29. The molecule has 0 N–H and O–H groups in total. The summed E-state index contributed by atoms with van der Waals surface area (Å²) in [4.78, 5) is 11.6. The molecule has 0 heterocycles. The Kier molecular flexibility index (Phi) is 5.40. The fourth-order valence-corrected chi connectivity index (χ4v) is 2.51. The lowest BCUT2D eigenvalue weighted by Gasteiger charge is -2.27. The van der Waals surface area contributed by atoms with Gasteiger partial charge in [-0.3, -0.25) is 4.79 Å². The maximum absolute atomic E-state index is 11.6. The summed E-state index contributed by atoms with van der Waals surface area (Å²) in [5.74, 6) is 0.0422. The second-order valence-corrected chi connectivity index (χ2v) is 5.02. The van der Waals surface area contributed by atoms with E-state index in [1.54, 1.807) is 0 Å². The minimum atomic E-state index is -0.0380. The monoisotopic (exact) mass is 262 g/mol. The van der Waals surface area contributed by atoms with E-state index in [0.717, 1.165) is 25.7 Å². The van der Waals surface area contributed by atoms with Crippen LogP contribution in [0.4, 0.5) is 0 Å². The zero-order chi connectivity index (χ0) is 13.5. The highest BCUT2D eigenvalue weighted by Gasteiger charge is 2.27. The molecule has 0 radical (unpaired) electrons. The van der Waals surface area contributed by atoms with Crippen molar-refractivity contribution in [3.8, 4) is 0 Å². The molecule has 0 amide bonds. The van der Waals surface area contributed by atoms with E-state index in [-0.39, 0.29) is 18.0 Å². The molecule has 1 saturated carbocycles. The van der Waals surface area contributed by atoms with Gasteiger partial charge in [0, 0.05) is 0 Å². The summed E-state index contributed by atoms with van der Waals surface area (Å²) in [5, 5.41) is 0. The molecule has 0 unspecified atom stereocenters. The molecule has 19 heavy (non-hydrogen) atoms. The third kappa shape index (κ3) is 4.35. The first-order valence-corrected chi connectivity index (χ1v) is 7.11. The summed E-state index contributed by atoms with van der Waals surface area (Å²) in [6.07, 6.45) is 3.97. The summed E-state index contributed by atoms with van der Waals surface area (Å²) in [6.45, 7) is 2.99. The predicted molar refractivity (Wildman–Crippen MR) is 73.6 cm³/mol. The first-order chi connectivity index (χ1) is 9.29. The van der Waals surface area contributed by atoms with Crippen molar-refractivity contribution < 1.29 is 14.3 Å². The fourth-order valence-electron chi connectivity index (χ4n) is 2.51. The highest BCUT2D eigenvalue weighted by molar-refractivity contribution is 5.72. The molecule has 1 aliphatic carbocycles. The number of carbonyl (C=O) groups is 1. The molecule has 0 atom stereocenters. The molecule has 1 aromatic rings. The van der Waals surface area contributed by atoms with E-state index in [4.69, 9.17) is 9.47 Å². The number of esters is 1. The smallest absolute Gasteiger partial charge is 0.308 e. The van der Waals surface area contributed by atoms with Crippen LogP contribution in [-0.4, -0.2) is 18.7 Å². The highest BCUT2D eigenvalue weighted by atomic mass is 16.5. The zero-order valence-corrected chi connectivity index (χ0v) is 11.5. The number of hydrogen-bond acceptors (Lipinski definition) is 3. The van der Waals surface area contributed by atoms with Crippen molar-refractivity contribution in [3.05, 3.63) is 35.9 Å². The number of benzene rings is 1. The third-order valence-electron chi connectivity index (χ3n) is 3.62. The van der Waals surface area contributed by atoms with Gasteiger partial charge in [-0.15, -0.1) is 0 Å². The number of carbonyl (C=O) groups excluding carboxylic acids is 1. The average Bonchev–Trinajstić information content (AvgIpc) is 2.47. The number of hydrogen-bond donors (Lipinski definition) is 0. The number of rotatable bonds is 5. The molecule has 104 valence electrons. The maximum atomic E-state index is 11.6. The Bertz CT molecular complexity index is 380. The first kappa shape index (κ1) is 14.1. The lowest BCUT2D eigenvalue weighted by atomic mass is 9.87. The van der Waals surface area contributed by atoms with Crippen molar-refractivity contribution >= 4 is 5.97 Å². The SMILES string of the molecule is CCOC(=O)[C@H]1CC[C@H](OCc2ccccc2)CC1. The topological polar surface area (TPSA) is 35.5 Å². The van der Waals surface area contributed by atoms with Crippen LogP contribution in [0.15, 0.2) is 30.3 Å². The van der Waals surface area contributed by atoms with Gasteiger partial charge in [-0.05, 0) is 38.2 Å². The molecule has 3 nitrogen and oxygen atoms in total. The van der Waals surface area contributed by atoms with E-state index < -0.39 is 0 Å². The van der Waals surface area contributed by atoms with E-state index in [9.17, 15) is 4.79 Å². The summed E-state index contributed by atoms with van der Waals surface area (Å²) in [7, 11) is 0. The molecule has 2 rings (SSSR count). The normalized spacial score (nSPS) is 23.0. The Morgan fingerprint density at radius 2 is 1.84 bits per heavy atom. The van der Waals surface area contributed by atoms with Gasteiger partial charge in [0.1, 0.15) is 0 Å². The van der Waals surface area contributed by atoms with Crippen molar-refractivity contribution in [2.24, 2.45) is 5.92 Å². The summed E-state index contributed by atoms with van der Waals surface area (Å²) < 4.78 is 11.0. The van der Waals surface area contributed by atoms with Gasteiger partial charge in [0.2, 0.25) is 0 Å². The molecule has 0 aliphatic heterocycles. The van der Waals surface area contributed by atoms with Gasteiger partial charge >= 0.3 is 5.97 Å². The lowest BCUT2D eigenvalue weighted by molar-refractivity contribution is -0.150. The van der Waals surface area contributed by atoms with E-state index in [0.29, 0.717) is 13.2 Å². The van der Waals surface area contributed by atoms with Crippen LogP contribution in [0.25, 0.3) is 0 Å². The molecule has 3 heteroatoms. The minimum absolute atomic E-state index is 0.0380. The predicted octanol–water partition coefficient (Wildman–Crippen LogP) is 3.33. The molecule has 0 aromatic heterocycles. The molecule has 1 fully saturated rings. The molecule has 0 bridgehead atoms. The summed E-state index contributed by atoms with van der Waals surface area (Å²) in [5.41, 5.74) is 1.20. The zero-order valence-electron chi connectivity index (χ0n) is 11.5. The standard InChI is InChI=1S/C16H22O3/c1-2-18-16(17)14-8-10-15(11-9-14)19-12-13-6-4-3-5-7-13/h3-7,14-15H,2,8-12H2,1H3/t14-,15-. The lowest BCUT2D eigenvalue weighted by Crippen LogP contribution is -2.27. The Balaban J connectivity index is 1.70. The van der Waals surface area contributed by atoms with Gasteiger partial charge in [0.25, 0.3) is 0 Å². The Labute approximate surface area is 114 Å². The molecular formula is C16H22O3. The quantitative estimate of drug-likeness (QED) is 0.764. The summed E-state index contributed by atoms with van der Waals surface area (Å²) in [6, 6.07) is 10.2. The van der Waals surface area contributed by atoms with Crippen LogP contribution in [0.2, 0.25) is 0 Å². The Morgan fingerprint density at radius 1 is 1.16 bits per heavy atom. The van der Waals surface area contributed by atoms with Gasteiger partial charge in [-0.2, -0.15) is 0 Å². The first-order valence-electron chi connectivity index (χ1n) is 7.11. The van der Waals surface area contributed by atoms with Gasteiger partial charge in [-0.1, -0.05) is 30.3 Å². The van der Waals surface area contributed by atoms with Gasteiger partial charge in [0.05, 0.1) is 25.2 Å². The van der Waals surface area contributed by atoms with Crippen LogP contribution in [0.5, 0.6) is 0 Å². The van der Waals surface area contributed by atoms with Crippen molar-refractivity contribution in [2.75, 3.05) is 6.61 Å². The Hall–Kier alpha value is -1.35. The Morgan fingerprint density at radius 3 is 2.47 bits per heavy atom. The van der Waals surface area contributed by atoms with Crippen molar-refractivity contribution in [1.29, 1.82) is 0 Å². The van der Waals surface area contributed by atoms with Crippen LogP contribution in [0.3, 0.4) is 0 Å². The van der Waals surface area contributed by atoms with Crippen LogP contribution in [0.1, 0.15) is 38.2 Å². The summed E-state index contributed by atoms with van der Waals surface area (Å²) >= 11 is 0. The number of ether oxygens (including phenoxy) is 2. The van der Waals surface area contributed by atoms with Crippen LogP contribution in [-0.2, 0) is 20.9 Å². The molecule has 1 aromatic carbocycles. The van der Waals surface area contributed by atoms with E-state index in [1.165, 1.54) is 5.56 Å². The van der Waals surface area contributed by atoms with E-state index in [1.807, 2.05) is 25.1 Å². The van der Waals surface area contributed by atoms with Gasteiger partial charge in [-0.25, -0.2) is 0 Å². The molecule has 0 saturated heterocycles. The van der Waals surface area contributed by atoms with Crippen LogP contribution >= 0.6 is 0 Å². The third-order valence-corrected chi connectivity index (χ3v) is 3.62. The molecule has 1 aliphatic rings. The highest BCUT2D eigenvalue weighted by Crippen LogP contribution is 2.27. The van der Waals surface area contributed by atoms with Gasteiger partial charge in [0.15, 0.2) is 0 Å². The van der Waals surface area contributed by atoms with Crippen molar-refractivity contribution in [3.63, 3.8) is 0 Å². The molecular weight excluding hydrogens is 240 g/mol. The second-order valence-electron chi connectivity index (χ2n) is 5.02. The molecule has 0 spiro atoms. The van der Waals surface area contributed by atoms with Crippen molar-refractivity contribution in [2.45, 2.75) is 45.3 Å². The maximum Gasteiger partial charge on any atom is 0.308 e. The average molecular weight is 262 g/mol. The van der Waals surface area contributed by atoms with E-state index in [2.05, 4.69) is 12.1 Å². The minimum Gasteiger partial charge on any atom is -0.466 e. The van der Waals surface area contributed by atoms with Gasteiger partial charge < -0.3 is 9.47 Å². The van der Waals surface area contributed by atoms with Crippen molar-refractivity contribution in [1.82, 2.24) is 0 Å². The van der Waals surface area contributed by atoms with Crippen LogP contribution in [0, 0.1) is 5.92 Å². The van der Waals surface area contributed by atoms with Crippen LogP contribution < -0.4 is 0 Å². The van der Waals surface area contributed by atoms with E-state index >= 15 is 0 Å².